The minimum Gasteiger partial charge on any atom is -0.383 e. The summed E-state index contributed by atoms with van der Waals surface area (Å²) in [4.78, 5) is 13.3. The molecule has 0 unspecified atom stereocenters. The highest BCUT2D eigenvalue weighted by molar-refractivity contribution is 5.77. The molecule has 0 saturated carbocycles. The molecule has 6 nitrogen and oxygen atoms in total. The molecule has 0 spiro atoms. The lowest BCUT2D eigenvalue weighted by atomic mass is 10.1. The first-order valence-electron chi connectivity index (χ1n) is 6.98. The lowest BCUT2D eigenvalue weighted by molar-refractivity contribution is 0.0422. The number of rotatable bonds is 2. The van der Waals surface area contributed by atoms with Crippen LogP contribution in [0.3, 0.4) is 0 Å². The van der Waals surface area contributed by atoms with E-state index in [-0.39, 0.29) is 0 Å². The summed E-state index contributed by atoms with van der Waals surface area (Å²) >= 11 is 0. The van der Waals surface area contributed by atoms with Crippen LogP contribution in [-0.2, 0) is 4.74 Å². The fourth-order valence-electron chi connectivity index (χ4n) is 2.79. The van der Waals surface area contributed by atoms with Gasteiger partial charge in [-0.3, -0.25) is 4.90 Å². The summed E-state index contributed by atoms with van der Waals surface area (Å²) in [5.41, 5.74) is 8.34. The average Bonchev–Trinajstić information content (AvgIpc) is 2.41. The Bertz CT molecular complexity index is 537. The summed E-state index contributed by atoms with van der Waals surface area (Å²) in [6, 6.07) is 0. The smallest absolute Gasteiger partial charge is 0.141 e. The van der Waals surface area contributed by atoms with E-state index >= 15 is 0 Å². The summed E-state index contributed by atoms with van der Waals surface area (Å²) in [7, 11) is 2.05. The Hall–Kier alpha value is -1.66. The van der Waals surface area contributed by atoms with Crippen LogP contribution in [0.2, 0.25) is 0 Å². The number of nitrogen functional groups attached to an aromatic ring is 1. The maximum atomic E-state index is 6.04. The Morgan fingerprint density at radius 2 is 2.05 bits per heavy atom. The van der Waals surface area contributed by atoms with E-state index in [1.807, 2.05) is 6.92 Å². The second kappa shape index (κ2) is 5.38. The maximum Gasteiger partial charge on any atom is 0.141 e. The first kappa shape index (κ1) is 13.3. The van der Waals surface area contributed by atoms with Crippen LogP contribution in [0.4, 0.5) is 11.6 Å². The Labute approximate surface area is 119 Å². The molecule has 2 aliphatic rings. The number of nitrogens with two attached hydrogens (primary N) is 1. The first-order chi connectivity index (χ1) is 9.63. The molecule has 20 heavy (non-hydrogen) atoms. The van der Waals surface area contributed by atoms with Gasteiger partial charge in [0, 0.05) is 33.2 Å². The largest absolute Gasteiger partial charge is 0.383 e. The van der Waals surface area contributed by atoms with Crippen LogP contribution in [0.25, 0.3) is 6.08 Å². The lowest BCUT2D eigenvalue weighted by Crippen LogP contribution is -2.39. The van der Waals surface area contributed by atoms with Crippen molar-refractivity contribution in [3.05, 3.63) is 17.0 Å². The molecular weight excluding hydrogens is 254 g/mol. The summed E-state index contributed by atoms with van der Waals surface area (Å²) in [5.74, 6) is 2.22. The van der Waals surface area contributed by atoms with Crippen LogP contribution in [0.15, 0.2) is 5.57 Å². The van der Waals surface area contributed by atoms with Crippen molar-refractivity contribution in [2.24, 2.45) is 0 Å². The van der Waals surface area contributed by atoms with Gasteiger partial charge in [0.1, 0.15) is 17.5 Å². The van der Waals surface area contributed by atoms with E-state index in [2.05, 4.69) is 32.9 Å². The van der Waals surface area contributed by atoms with Crippen molar-refractivity contribution >= 4 is 17.7 Å². The highest BCUT2D eigenvalue weighted by Gasteiger charge is 2.21. The Balaban J connectivity index is 1.84. The Morgan fingerprint density at radius 3 is 2.80 bits per heavy atom. The normalized spacial score (nSPS) is 19.7. The molecule has 2 aliphatic heterocycles. The van der Waals surface area contributed by atoms with Gasteiger partial charge in [-0.25, -0.2) is 9.97 Å². The van der Waals surface area contributed by atoms with Gasteiger partial charge in [-0.15, -0.1) is 0 Å². The van der Waals surface area contributed by atoms with E-state index in [4.69, 9.17) is 10.5 Å². The zero-order chi connectivity index (χ0) is 14.1. The molecule has 2 N–H and O–H groups in total. The number of anilines is 2. The fraction of sp³-hybridized carbons (Fsp3) is 0.571. The Morgan fingerprint density at radius 1 is 1.30 bits per heavy atom. The molecule has 0 amide bonds. The second-order valence-electron chi connectivity index (χ2n) is 5.44. The number of hydrogen-bond acceptors (Lipinski definition) is 6. The maximum absolute atomic E-state index is 6.04. The van der Waals surface area contributed by atoms with Crippen LogP contribution >= 0.6 is 0 Å². The molecule has 0 aliphatic carbocycles. The van der Waals surface area contributed by atoms with E-state index < -0.39 is 0 Å². The number of likely N-dealkylation sites (N-methyl/N-ethyl adjacent to an activating group) is 1. The van der Waals surface area contributed by atoms with Gasteiger partial charge in [-0.1, -0.05) is 0 Å². The molecule has 0 aromatic carbocycles. The molecular formula is C14H21N5O. The van der Waals surface area contributed by atoms with Gasteiger partial charge in [0.05, 0.1) is 18.8 Å². The van der Waals surface area contributed by atoms with Crippen LogP contribution in [0.5, 0.6) is 0 Å². The monoisotopic (exact) mass is 275 g/mol. The van der Waals surface area contributed by atoms with E-state index in [9.17, 15) is 0 Å². The van der Waals surface area contributed by atoms with Crippen LogP contribution in [0.1, 0.15) is 11.4 Å². The molecule has 1 saturated heterocycles. The predicted octanol–water partition coefficient (Wildman–Crippen LogP) is 0.533. The highest BCUT2D eigenvalue weighted by Crippen LogP contribution is 2.29. The molecule has 1 aromatic rings. The van der Waals surface area contributed by atoms with Gasteiger partial charge < -0.3 is 15.4 Å². The molecule has 1 fully saturated rings. The number of morpholine rings is 1. The topological polar surface area (TPSA) is 67.5 Å². The molecule has 3 rings (SSSR count). The molecule has 0 atom stereocenters. The summed E-state index contributed by atoms with van der Waals surface area (Å²) in [6.45, 7) is 7.36. The van der Waals surface area contributed by atoms with E-state index in [0.717, 1.165) is 56.6 Å². The zero-order valence-electron chi connectivity index (χ0n) is 12.1. The summed E-state index contributed by atoms with van der Waals surface area (Å²) in [5, 5.41) is 0. The van der Waals surface area contributed by atoms with E-state index in [1.165, 1.54) is 5.57 Å². The quantitative estimate of drug-likeness (QED) is 0.849. The lowest BCUT2D eigenvalue weighted by Gasteiger charge is -2.32. The molecule has 1 aromatic heterocycles. The molecule has 0 radical (unpaired) electrons. The molecule has 3 heterocycles. The number of aryl methyl sites for hydroxylation is 1. The second-order valence-corrected chi connectivity index (χ2v) is 5.44. The van der Waals surface area contributed by atoms with Crippen LogP contribution < -0.4 is 10.6 Å². The predicted molar refractivity (Wildman–Crippen MR) is 79.7 cm³/mol. The van der Waals surface area contributed by atoms with Crippen LogP contribution in [-0.4, -0.2) is 61.3 Å². The van der Waals surface area contributed by atoms with Gasteiger partial charge in [0.25, 0.3) is 0 Å². The van der Waals surface area contributed by atoms with Gasteiger partial charge in [0.2, 0.25) is 0 Å². The van der Waals surface area contributed by atoms with Gasteiger partial charge in [-0.2, -0.15) is 0 Å². The van der Waals surface area contributed by atoms with Crippen molar-refractivity contribution in [1.29, 1.82) is 0 Å². The minimum absolute atomic E-state index is 0.568. The standard InChI is InChI=1S/C14H21N5O/c1-10-16-13(15)12-7-11(8-18(2)14(12)17-10)9-19-3-5-20-6-4-19/h7H,3-6,8-9H2,1-2H3,(H2,15,16,17). The van der Waals surface area contributed by atoms with Gasteiger partial charge >= 0.3 is 0 Å². The van der Waals surface area contributed by atoms with E-state index in [0.29, 0.717) is 5.82 Å². The first-order valence-corrected chi connectivity index (χ1v) is 6.98. The van der Waals surface area contributed by atoms with Crippen molar-refractivity contribution in [3.63, 3.8) is 0 Å². The summed E-state index contributed by atoms with van der Waals surface area (Å²) in [6.07, 6.45) is 2.15. The number of aromatic nitrogens is 2. The fourth-order valence-corrected chi connectivity index (χ4v) is 2.79. The van der Waals surface area contributed by atoms with E-state index in [1.54, 1.807) is 0 Å². The van der Waals surface area contributed by atoms with Crippen molar-refractivity contribution in [3.8, 4) is 0 Å². The summed E-state index contributed by atoms with van der Waals surface area (Å²) < 4.78 is 5.39. The molecule has 0 bridgehead atoms. The number of ether oxygens (including phenoxy) is 1. The van der Waals surface area contributed by atoms with Crippen molar-refractivity contribution in [1.82, 2.24) is 14.9 Å². The third-order valence-electron chi connectivity index (χ3n) is 3.75. The number of nitrogens with zero attached hydrogens (tertiary/aromatic N) is 4. The third-order valence-corrected chi connectivity index (χ3v) is 3.75. The minimum atomic E-state index is 0.568. The highest BCUT2D eigenvalue weighted by atomic mass is 16.5. The molecule has 6 heteroatoms. The Kier molecular flexibility index (Phi) is 3.58. The van der Waals surface area contributed by atoms with Gasteiger partial charge in [-0.05, 0) is 18.6 Å². The SMILES string of the molecule is Cc1nc(N)c2c(n1)N(C)CC(CN1CCOCC1)=C2. The number of fused-ring (bicyclic) bond motifs is 1. The molecule has 108 valence electrons. The van der Waals surface area contributed by atoms with Crippen molar-refractivity contribution < 1.29 is 4.74 Å². The number of hydrogen-bond donors (Lipinski definition) is 1. The average molecular weight is 275 g/mol. The van der Waals surface area contributed by atoms with Crippen molar-refractivity contribution in [2.75, 3.05) is 57.1 Å². The van der Waals surface area contributed by atoms with Crippen molar-refractivity contribution in [2.45, 2.75) is 6.92 Å². The van der Waals surface area contributed by atoms with Crippen LogP contribution in [0, 0.1) is 6.92 Å². The zero-order valence-corrected chi connectivity index (χ0v) is 12.1. The van der Waals surface area contributed by atoms with Gasteiger partial charge in [0.15, 0.2) is 0 Å². The third kappa shape index (κ3) is 2.62.